The normalized spacial score (nSPS) is 24.0. The summed E-state index contributed by atoms with van der Waals surface area (Å²) in [5.74, 6) is 1.05. The maximum absolute atomic E-state index is 5.02. The zero-order valence-electron chi connectivity index (χ0n) is 21.8. The van der Waals surface area contributed by atoms with E-state index in [-0.39, 0.29) is 6.17 Å². The Labute approximate surface area is 224 Å². The van der Waals surface area contributed by atoms with Crippen LogP contribution in [0.3, 0.4) is 0 Å². The molecule has 3 aliphatic heterocycles. The number of nitrogens with zero attached hydrogens (tertiary/aromatic N) is 2. The zero-order chi connectivity index (χ0) is 25.3. The van der Waals surface area contributed by atoms with Gasteiger partial charge in [-0.25, -0.2) is 4.98 Å². The van der Waals surface area contributed by atoms with Crippen molar-refractivity contribution >= 4 is 16.5 Å². The predicted octanol–water partition coefficient (Wildman–Crippen LogP) is 5.57. The summed E-state index contributed by atoms with van der Waals surface area (Å²) in [5, 5.41) is 13.3. The molecule has 6 heteroatoms. The molecule has 38 heavy (non-hydrogen) atoms. The molecule has 2 fully saturated rings. The predicted molar refractivity (Wildman–Crippen MR) is 156 cm³/mol. The van der Waals surface area contributed by atoms with E-state index in [0.29, 0.717) is 12.1 Å². The number of benzene rings is 3. The van der Waals surface area contributed by atoms with Crippen LogP contribution in [0.15, 0.2) is 71.9 Å². The molecular formula is C32H36N6. The number of aromatic nitrogens is 2. The first-order valence-electron chi connectivity index (χ1n) is 14.3. The summed E-state index contributed by atoms with van der Waals surface area (Å²) in [7, 11) is 0. The lowest BCUT2D eigenvalue weighted by atomic mass is 9.98. The fourth-order valence-corrected chi connectivity index (χ4v) is 6.21. The van der Waals surface area contributed by atoms with Crippen LogP contribution in [-0.2, 0) is 0 Å². The Kier molecular flexibility index (Phi) is 6.53. The first-order chi connectivity index (χ1) is 18.8. The van der Waals surface area contributed by atoms with Crippen LogP contribution >= 0.6 is 0 Å². The van der Waals surface area contributed by atoms with Crippen LogP contribution in [0.1, 0.15) is 56.0 Å². The number of aromatic amines is 1. The van der Waals surface area contributed by atoms with Crippen LogP contribution in [0.5, 0.6) is 0 Å². The highest BCUT2D eigenvalue weighted by atomic mass is 15.2. The van der Waals surface area contributed by atoms with Gasteiger partial charge in [-0.3, -0.25) is 10.3 Å². The van der Waals surface area contributed by atoms with Gasteiger partial charge < -0.3 is 15.6 Å². The van der Waals surface area contributed by atoms with Gasteiger partial charge in [0.25, 0.3) is 0 Å². The Morgan fingerprint density at radius 2 is 1.37 bits per heavy atom. The highest BCUT2D eigenvalue weighted by Gasteiger charge is 2.27. The lowest BCUT2D eigenvalue weighted by molar-refractivity contribution is 0.333. The van der Waals surface area contributed by atoms with Gasteiger partial charge in [0.15, 0.2) is 0 Å². The highest BCUT2D eigenvalue weighted by molar-refractivity contribution is 6.03. The number of piperidine rings is 2. The molecule has 4 aromatic rings. The van der Waals surface area contributed by atoms with E-state index < -0.39 is 0 Å². The Morgan fingerprint density at radius 3 is 2.13 bits per heavy atom. The second-order valence-corrected chi connectivity index (χ2v) is 11.0. The number of imidazole rings is 1. The molecule has 194 valence electrons. The van der Waals surface area contributed by atoms with Crippen molar-refractivity contribution < 1.29 is 0 Å². The summed E-state index contributed by atoms with van der Waals surface area (Å²) in [5.41, 5.74) is 7.11. The molecule has 2 saturated heterocycles. The first-order valence-corrected chi connectivity index (χ1v) is 14.3. The van der Waals surface area contributed by atoms with Crippen molar-refractivity contribution in [1.29, 1.82) is 0 Å². The topological polar surface area (TPSA) is 77.1 Å². The van der Waals surface area contributed by atoms with Gasteiger partial charge in [0.05, 0.1) is 23.6 Å². The van der Waals surface area contributed by atoms with Gasteiger partial charge in [0.2, 0.25) is 0 Å². The number of hydrogen-bond donors (Lipinski definition) is 4. The van der Waals surface area contributed by atoms with Crippen molar-refractivity contribution in [1.82, 2.24) is 25.9 Å². The van der Waals surface area contributed by atoms with Crippen LogP contribution in [-0.4, -0.2) is 47.5 Å². The van der Waals surface area contributed by atoms with Crippen LogP contribution in [0, 0.1) is 0 Å². The standard InChI is InChI=1S/C32H36N6/c1-3-15-33-27(5-1)31-35-19-29(37-31)22-9-7-21(8-10-22)23-11-12-25-18-26(14-13-24(25)17-23)30-20-36-32(38-30)28-6-2-4-16-34-28/h7-14,17-18,20,27-28,31,33-35H,1-6,15-16,19H2,(H,36,38). The molecule has 0 radical (unpaired) electrons. The smallest absolute Gasteiger partial charge is 0.123 e. The van der Waals surface area contributed by atoms with E-state index in [2.05, 4.69) is 86.6 Å². The summed E-state index contributed by atoms with van der Waals surface area (Å²) in [4.78, 5) is 13.3. The molecule has 1 aromatic heterocycles. The molecule has 0 amide bonds. The largest absolute Gasteiger partial charge is 0.341 e. The van der Waals surface area contributed by atoms with E-state index in [9.17, 15) is 0 Å². The van der Waals surface area contributed by atoms with Gasteiger partial charge in [-0.2, -0.15) is 0 Å². The average molecular weight is 505 g/mol. The van der Waals surface area contributed by atoms with E-state index in [1.165, 1.54) is 70.8 Å². The number of fused-ring (bicyclic) bond motifs is 1. The van der Waals surface area contributed by atoms with Crippen molar-refractivity contribution in [2.45, 2.75) is 56.8 Å². The van der Waals surface area contributed by atoms with Crippen LogP contribution < -0.4 is 16.0 Å². The number of nitrogens with one attached hydrogen (secondary N) is 4. The van der Waals surface area contributed by atoms with Gasteiger partial charge in [-0.05, 0) is 78.4 Å². The van der Waals surface area contributed by atoms with Crippen molar-refractivity contribution in [3.63, 3.8) is 0 Å². The van der Waals surface area contributed by atoms with Crippen LogP contribution in [0.25, 0.3) is 33.2 Å². The fourth-order valence-electron chi connectivity index (χ4n) is 6.21. The fraction of sp³-hybridized carbons (Fsp3) is 0.375. The summed E-state index contributed by atoms with van der Waals surface area (Å²) >= 11 is 0. The summed E-state index contributed by atoms with van der Waals surface area (Å²) in [6, 6.07) is 23.1. The minimum atomic E-state index is 0.202. The average Bonchev–Trinajstić information content (AvgIpc) is 3.69. The van der Waals surface area contributed by atoms with E-state index in [4.69, 9.17) is 4.99 Å². The van der Waals surface area contributed by atoms with Crippen molar-refractivity contribution in [3.05, 3.63) is 78.2 Å². The number of aliphatic imine (C=N–C) groups is 1. The van der Waals surface area contributed by atoms with Crippen molar-refractivity contribution in [3.8, 4) is 22.4 Å². The van der Waals surface area contributed by atoms with Gasteiger partial charge in [0.1, 0.15) is 12.0 Å². The van der Waals surface area contributed by atoms with Gasteiger partial charge in [-0.1, -0.05) is 61.4 Å². The monoisotopic (exact) mass is 504 g/mol. The van der Waals surface area contributed by atoms with E-state index >= 15 is 0 Å². The molecule has 7 rings (SSSR count). The zero-order valence-corrected chi connectivity index (χ0v) is 21.8. The van der Waals surface area contributed by atoms with Crippen LogP contribution in [0.2, 0.25) is 0 Å². The molecule has 0 bridgehead atoms. The third kappa shape index (κ3) is 4.80. The number of H-pyrrole nitrogens is 1. The lowest BCUT2D eigenvalue weighted by Gasteiger charge is -2.27. The third-order valence-corrected chi connectivity index (χ3v) is 8.44. The lowest BCUT2D eigenvalue weighted by Crippen LogP contribution is -2.47. The summed E-state index contributed by atoms with van der Waals surface area (Å²) in [6.07, 6.45) is 9.63. The maximum atomic E-state index is 5.02. The second-order valence-electron chi connectivity index (χ2n) is 11.0. The molecule has 6 nitrogen and oxygen atoms in total. The summed E-state index contributed by atoms with van der Waals surface area (Å²) in [6.45, 7) is 3.03. The van der Waals surface area contributed by atoms with E-state index in [1.54, 1.807) is 0 Å². The first kappa shape index (κ1) is 23.8. The van der Waals surface area contributed by atoms with Crippen molar-refractivity contribution in [2.24, 2.45) is 4.99 Å². The van der Waals surface area contributed by atoms with Crippen LogP contribution in [0.4, 0.5) is 0 Å². The maximum Gasteiger partial charge on any atom is 0.123 e. The molecule has 3 aliphatic rings. The molecule has 3 atom stereocenters. The Balaban J connectivity index is 1.07. The Morgan fingerprint density at radius 1 is 0.658 bits per heavy atom. The highest BCUT2D eigenvalue weighted by Crippen LogP contribution is 2.30. The van der Waals surface area contributed by atoms with E-state index in [1.807, 2.05) is 6.20 Å². The molecule has 3 aromatic carbocycles. The molecular weight excluding hydrogens is 468 g/mol. The SMILES string of the molecule is c1cc(-c2ccc3cc(-c4cnc(C5CCCCN5)[nH]4)ccc3c2)ccc1C1=NC(C2CCCCN2)NC1. The molecule has 4 heterocycles. The molecule has 3 unspecified atom stereocenters. The quantitative estimate of drug-likeness (QED) is 0.287. The molecule has 0 saturated carbocycles. The number of rotatable bonds is 5. The van der Waals surface area contributed by atoms with E-state index in [0.717, 1.165) is 37.6 Å². The van der Waals surface area contributed by atoms with Crippen molar-refractivity contribution in [2.75, 3.05) is 19.6 Å². The third-order valence-electron chi connectivity index (χ3n) is 8.44. The minimum absolute atomic E-state index is 0.202. The van der Waals surface area contributed by atoms with Gasteiger partial charge >= 0.3 is 0 Å². The summed E-state index contributed by atoms with van der Waals surface area (Å²) < 4.78 is 0. The molecule has 0 spiro atoms. The Bertz CT molecular complexity index is 1440. The second kappa shape index (κ2) is 10.4. The minimum Gasteiger partial charge on any atom is -0.341 e. The molecule has 0 aliphatic carbocycles. The van der Waals surface area contributed by atoms with Gasteiger partial charge in [0, 0.05) is 18.2 Å². The molecule has 4 N–H and O–H groups in total. The number of hydrogen-bond acceptors (Lipinski definition) is 5. The van der Waals surface area contributed by atoms with Gasteiger partial charge in [-0.15, -0.1) is 0 Å². The Hall–Kier alpha value is -3.32.